The lowest BCUT2D eigenvalue weighted by molar-refractivity contribution is 0.567. The minimum Gasteiger partial charge on any atom is -0.470 e. The van der Waals surface area contributed by atoms with Crippen molar-refractivity contribution in [1.29, 1.82) is 0 Å². The molecule has 0 saturated heterocycles. The first-order valence-electron chi connectivity index (χ1n) is 17.1. The van der Waals surface area contributed by atoms with Gasteiger partial charge in [-0.3, -0.25) is 0 Å². The van der Waals surface area contributed by atoms with Crippen molar-refractivity contribution in [1.82, 2.24) is 4.57 Å². The molecule has 0 fully saturated rings. The zero-order valence-electron chi connectivity index (χ0n) is 27.3. The Morgan fingerprint density at radius 1 is 0.440 bits per heavy atom. The average molecular weight is 641 g/mol. The molecule has 0 radical (unpaired) electrons. The maximum atomic E-state index is 5.74. The Labute approximate surface area is 290 Å². The normalized spacial score (nSPS) is 13.0. The minimum absolute atomic E-state index is 0.487. The van der Waals surface area contributed by atoms with Gasteiger partial charge in [0.15, 0.2) is 0 Å². The molecule has 10 rings (SSSR count). The molecule has 0 unspecified atom stereocenters. The highest BCUT2D eigenvalue weighted by Crippen LogP contribution is 2.57. The maximum absolute atomic E-state index is 5.74. The second-order valence-corrected chi connectivity index (χ2v) is 13.0. The van der Waals surface area contributed by atoms with Crippen LogP contribution in [0, 0.1) is 0 Å². The van der Waals surface area contributed by atoms with Gasteiger partial charge in [0.2, 0.25) is 0 Å². The summed E-state index contributed by atoms with van der Waals surface area (Å²) in [7, 11) is 0. The van der Waals surface area contributed by atoms with E-state index in [2.05, 4.69) is 185 Å². The Balaban J connectivity index is 1.23. The van der Waals surface area contributed by atoms with Crippen molar-refractivity contribution >= 4 is 38.9 Å². The fraction of sp³-hybridized carbons (Fsp3) is 0.0213. The molecule has 7 aromatic carbocycles. The molecule has 3 nitrogen and oxygen atoms in total. The van der Waals surface area contributed by atoms with E-state index in [9.17, 15) is 0 Å². The lowest BCUT2D eigenvalue weighted by atomic mass is 9.67. The summed E-state index contributed by atoms with van der Waals surface area (Å²) < 4.78 is 8.09. The number of para-hydroxylation sites is 2. The Hall–Kier alpha value is -6.58. The first-order chi connectivity index (χ1) is 24.8. The van der Waals surface area contributed by atoms with Crippen LogP contribution in [0.4, 0.5) is 17.1 Å². The van der Waals surface area contributed by atoms with E-state index >= 15 is 0 Å². The molecule has 2 heterocycles. The van der Waals surface area contributed by atoms with Crippen LogP contribution in [-0.4, -0.2) is 4.57 Å². The van der Waals surface area contributed by atoms with Gasteiger partial charge in [-0.25, -0.2) is 0 Å². The molecule has 0 atom stereocenters. The summed E-state index contributed by atoms with van der Waals surface area (Å²) in [5, 5.41) is 2.42. The summed E-state index contributed by atoms with van der Waals surface area (Å²) >= 11 is 0. The molecule has 9 aromatic rings. The number of hydrogen-bond donors (Lipinski definition) is 0. The first-order valence-corrected chi connectivity index (χ1v) is 17.1. The Morgan fingerprint density at radius 3 is 1.78 bits per heavy atom. The van der Waals surface area contributed by atoms with Crippen molar-refractivity contribution < 1.29 is 4.42 Å². The van der Waals surface area contributed by atoms with Crippen LogP contribution in [0.25, 0.3) is 38.6 Å². The summed E-state index contributed by atoms with van der Waals surface area (Å²) in [6.07, 6.45) is 3.59. The number of benzene rings is 7. The molecule has 236 valence electrons. The zero-order valence-corrected chi connectivity index (χ0v) is 27.3. The van der Waals surface area contributed by atoms with Gasteiger partial charge in [0.25, 0.3) is 0 Å². The van der Waals surface area contributed by atoms with Gasteiger partial charge in [-0.1, -0.05) is 127 Å². The highest BCUT2D eigenvalue weighted by molar-refractivity contribution is 6.10. The first kappa shape index (κ1) is 28.4. The van der Waals surface area contributed by atoms with Crippen LogP contribution in [0.5, 0.6) is 0 Å². The zero-order chi connectivity index (χ0) is 33.1. The molecular weight excluding hydrogens is 609 g/mol. The smallest absolute Gasteiger partial charge is 0.114 e. The van der Waals surface area contributed by atoms with Gasteiger partial charge in [0.05, 0.1) is 28.4 Å². The molecular formula is C47H32N2O. The van der Waals surface area contributed by atoms with Gasteiger partial charge in [-0.05, 0) is 81.9 Å². The van der Waals surface area contributed by atoms with Crippen molar-refractivity contribution in [3.05, 3.63) is 217 Å². The SMILES string of the molecule is c1ccc(-n2c3ccccc3c3cc(N(c4ccoc4)c4ccc5c(c4)C(c4ccccc4)(c4ccccc4)c4ccccc4-5)ccc32)cc1. The predicted octanol–water partition coefficient (Wildman–Crippen LogP) is 12.2. The molecule has 0 bridgehead atoms. The van der Waals surface area contributed by atoms with Crippen molar-refractivity contribution in [2.45, 2.75) is 5.41 Å². The third-order valence-electron chi connectivity index (χ3n) is 10.4. The van der Waals surface area contributed by atoms with Crippen molar-refractivity contribution in [3.8, 4) is 16.8 Å². The van der Waals surface area contributed by atoms with Crippen LogP contribution >= 0.6 is 0 Å². The third-order valence-corrected chi connectivity index (χ3v) is 10.4. The van der Waals surface area contributed by atoms with Crippen LogP contribution in [0.3, 0.4) is 0 Å². The summed E-state index contributed by atoms with van der Waals surface area (Å²) in [4.78, 5) is 2.32. The molecule has 3 heteroatoms. The lowest BCUT2D eigenvalue weighted by Crippen LogP contribution is -2.28. The standard InChI is InChI=1S/C47H32N2O/c1-4-14-33(15-5-1)47(34-16-6-2-7-17-34)43-22-12-10-20-39(43)40-26-24-37(31-44(40)47)48(38-28-29-50-32-38)36-25-27-46-42(30-36)41-21-11-13-23-45(41)49(46)35-18-8-3-9-19-35/h1-32H. The van der Waals surface area contributed by atoms with Gasteiger partial charge in [0.1, 0.15) is 6.26 Å². The lowest BCUT2D eigenvalue weighted by Gasteiger charge is -2.34. The number of rotatable bonds is 6. The van der Waals surface area contributed by atoms with E-state index in [4.69, 9.17) is 4.42 Å². The number of aromatic nitrogens is 1. The molecule has 1 aliphatic carbocycles. The van der Waals surface area contributed by atoms with Crippen molar-refractivity contribution in [2.24, 2.45) is 0 Å². The Bertz CT molecular complexity index is 2600. The number of furan rings is 1. The second-order valence-electron chi connectivity index (χ2n) is 13.0. The minimum atomic E-state index is -0.487. The van der Waals surface area contributed by atoms with Gasteiger partial charge >= 0.3 is 0 Å². The van der Waals surface area contributed by atoms with Crippen LogP contribution in [0.1, 0.15) is 22.3 Å². The van der Waals surface area contributed by atoms with Gasteiger partial charge in [-0.15, -0.1) is 0 Å². The van der Waals surface area contributed by atoms with E-state index in [1.54, 1.807) is 6.26 Å². The van der Waals surface area contributed by atoms with E-state index in [0.29, 0.717) is 0 Å². The van der Waals surface area contributed by atoms with E-state index < -0.39 is 5.41 Å². The van der Waals surface area contributed by atoms with Crippen LogP contribution in [0.15, 0.2) is 199 Å². The largest absolute Gasteiger partial charge is 0.470 e. The van der Waals surface area contributed by atoms with Crippen LogP contribution < -0.4 is 4.90 Å². The fourth-order valence-electron chi connectivity index (χ4n) is 8.36. The van der Waals surface area contributed by atoms with Crippen LogP contribution in [-0.2, 0) is 5.41 Å². The van der Waals surface area contributed by atoms with Gasteiger partial charge < -0.3 is 13.9 Å². The predicted molar refractivity (Wildman–Crippen MR) is 205 cm³/mol. The quantitative estimate of drug-likeness (QED) is 0.180. The van der Waals surface area contributed by atoms with E-state index in [1.165, 1.54) is 55.2 Å². The number of anilines is 3. The van der Waals surface area contributed by atoms with Crippen molar-refractivity contribution in [2.75, 3.05) is 4.90 Å². The molecule has 0 amide bonds. The van der Waals surface area contributed by atoms with Crippen molar-refractivity contribution in [3.63, 3.8) is 0 Å². The molecule has 50 heavy (non-hydrogen) atoms. The molecule has 0 N–H and O–H groups in total. The highest BCUT2D eigenvalue weighted by atomic mass is 16.3. The molecule has 2 aromatic heterocycles. The summed E-state index contributed by atoms with van der Waals surface area (Å²) in [6.45, 7) is 0. The summed E-state index contributed by atoms with van der Waals surface area (Å²) in [6, 6.07) is 65.9. The van der Waals surface area contributed by atoms with Gasteiger partial charge in [-0.2, -0.15) is 0 Å². The maximum Gasteiger partial charge on any atom is 0.114 e. The molecule has 0 aliphatic heterocycles. The number of nitrogens with zero attached hydrogens (tertiary/aromatic N) is 2. The monoisotopic (exact) mass is 640 g/mol. The van der Waals surface area contributed by atoms with Crippen LogP contribution in [0.2, 0.25) is 0 Å². The molecule has 0 spiro atoms. The average Bonchev–Trinajstić information content (AvgIpc) is 3.91. The topological polar surface area (TPSA) is 21.3 Å². The summed E-state index contributed by atoms with van der Waals surface area (Å²) in [5.74, 6) is 0. The molecule has 1 aliphatic rings. The summed E-state index contributed by atoms with van der Waals surface area (Å²) in [5.41, 5.74) is 13.7. The fourth-order valence-corrected chi connectivity index (χ4v) is 8.36. The third kappa shape index (κ3) is 4.10. The second kappa shape index (κ2) is 11.3. The number of fused-ring (bicyclic) bond motifs is 6. The Kier molecular flexibility index (Phi) is 6.40. The van der Waals surface area contributed by atoms with E-state index in [1.807, 2.05) is 12.3 Å². The number of hydrogen-bond acceptors (Lipinski definition) is 2. The highest BCUT2D eigenvalue weighted by Gasteiger charge is 2.46. The van der Waals surface area contributed by atoms with E-state index in [0.717, 1.165) is 22.7 Å². The molecule has 0 saturated carbocycles. The Morgan fingerprint density at radius 2 is 1.04 bits per heavy atom. The van der Waals surface area contributed by atoms with Gasteiger partial charge in [0, 0.05) is 33.9 Å². The van der Waals surface area contributed by atoms with E-state index in [-0.39, 0.29) is 0 Å².